The normalized spacial score (nSPS) is 11.0. The standard InChI is InChI=1S/C17H20N4O2S/c1-11-4-5-12(2)15(10-11)23-8-9-24-17-20-19-16(21(17)18)14-6-7-22-13(14)3/h4-7,10H,8-9,18H2,1-3H3. The van der Waals surface area contributed by atoms with E-state index in [1.807, 2.05) is 26.0 Å². The van der Waals surface area contributed by atoms with Crippen LogP contribution in [0, 0.1) is 20.8 Å². The Bertz CT molecular complexity index is 841. The quantitative estimate of drug-likeness (QED) is 0.420. The number of nitrogen functional groups attached to an aromatic ring is 1. The highest BCUT2D eigenvalue weighted by atomic mass is 32.2. The fraction of sp³-hybridized carbons (Fsp3) is 0.294. The zero-order valence-electron chi connectivity index (χ0n) is 13.9. The largest absolute Gasteiger partial charge is 0.492 e. The van der Waals surface area contributed by atoms with Crippen LogP contribution in [0.15, 0.2) is 40.1 Å². The summed E-state index contributed by atoms with van der Waals surface area (Å²) in [4.78, 5) is 0. The summed E-state index contributed by atoms with van der Waals surface area (Å²) in [6.45, 7) is 6.53. The first-order valence-electron chi connectivity index (χ1n) is 7.64. The molecule has 2 aromatic heterocycles. The van der Waals surface area contributed by atoms with Crippen molar-refractivity contribution in [3.05, 3.63) is 47.4 Å². The molecule has 0 radical (unpaired) electrons. The molecule has 0 aliphatic carbocycles. The van der Waals surface area contributed by atoms with Crippen LogP contribution in [0.1, 0.15) is 16.9 Å². The Hall–Kier alpha value is -2.41. The highest BCUT2D eigenvalue weighted by Gasteiger charge is 2.15. The van der Waals surface area contributed by atoms with Gasteiger partial charge in [-0.25, -0.2) is 4.68 Å². The number of nitrogens with two attached hydrogens (primary N) is 1. The van der Waals surface area contributed by atoms with E-state index in [1.54, 1.807) is 6.26 Å². The van der Waals surface area contributed by atoms with Crippen molar-refractivity contribution in [2.75, 3.05) is 18.2 Å². The molecule has 0 unspecified atom stereocenters. The van der Waals surface area contributed by atoms with E-state index in [4.69, 9.17) is 15.0 Å². The zero-order valence-corrected chi connectivity index (χ0v) is 14.8. The summed E-state index contributed by atoms with van der Waals surface area (Å²) in [5.41, 5.74) is 3.17. The lowest BCUT2D eigenvalue weighted by atomic mass is 10.1. The van der Waals surface area contributed by atoms with Crippen LogP contribution in [0.25, 0.3) is 11.4 Å². The summed E-state index contributed by atoms with van der Waals surface area (Å²) in [6, 6.07) is 8.02. The average Bonchev–Trinajstić information content (AvgIpc) is 3.13. The maximum Gasteiger partial charge on any atom is 0.210 e. The second-order valence-electron chi connectivity index (χ2n) is 5.53. The van der Waals surface area contributed by atoms with E-state index < -0.39 is 0 Å². The van der Waals surface area contributed by atoms with E-state index >= 15 is 0 Å². The van der Waals surface area contributed by atoms with Crippen molar-refractivity contribution in [2.45, 2.75) is 25.9 Å². The van der Waals surface area contributed by atoms with Gasteiger partial charge in [-0.15, -0.1) is 10.2 Å². The summed E-state index contributed by atoms with van der Waals surface area (Å²) >= 11 is 1.51. The van der Waals surface area contributed by atoms with Gasteiger partial charge >= 0.3 is 0 Å². The molecule has 1 aromatic carbocycles. The molecule has 6 nitrogen and oxygen atoms in total. The predicted molar refractivity (Wildman–Crippen MR) is 94.7 cm³/mol. The number of aromatic nitrogens is 3. The summed E-state index contributed by atoms with van der Waals surface area (Å²) < 4.78 is 12.6. The van der Waals surface area contributed by atoms with Crippen LogP contribution < -0.4 is 10.6 Å². The molecule has 2 N–H and O–H groups in total. The molecule has 0 spiro atoms. The zero-order chi connectivity index (χ0) is 17.1. The monoisotopic (exact) mass is 344 g/mol. The minimum Gasteiger partial charge on any atom is -0.492 e. The van der Waals surface area contributed by atoms with Gasteiger partial charge in [0.2, 0.25) is 5.16 Å². The van der Waals surface area contributed by atoms with Crippen molar-refractivity contribution in [2.24, 2.45) is 0 Å². The number of hydrogen-bond acceptors (Lipinski definition) is 6. The maximum atomic E-state index is 6.09. The number of rotatable bonds is 6. The van der Waals surface area contributed by atoms with Crippen molar-refractivity contribution < 1.29 is 9.15 Å². The summed E-state index contributed by atoms with van der Waals surface area (Å²) in [6.07, 6.45) is 1.62. The fourth-order valence-electron chi connectivity index (χ4n) is 2.32. The lowest BCUT2D eigenvalue weighted by molar-refractivity contribution is 0.341. The van der Waals surface area contributed by atoms with E-state index in [0.717, 1.165) is 28.4 Å². The predicted octanol–water partition coefficient (Wildman–Crippen LogP) is 3.35. The number of nitrogens with zero attached hydrogens (tertiary/aromatic N) is 3. The molecule has 0 atom stereocenters. The Morgan fingerprint density at radius 2 is 2.04 bits per heavy atom. The Labute approximate surface area is 145 Å². The Morgan fingerprint density at radius 1 is 1.21 bits per heavy atom. The van der Waals surface area contributed by atoms with E-state index in [2.05, 4.69) is 29.3 Å². The minimum atomic E-state index is 0.571. The number of benzene rings is 1. The summed E-state index contributed by atoms with van der Waals surface area (Å²) in [5.74, 6) is 9.10. The molecule has 2 heterocycles. The Morgan fingerprint density at radius 3 is 2.79 bits per heavy atom. The van der Waals surface area contributed by atoms with E-state index in [9.17, 15) is 0 Å². The number of aryl methyl sites for hydroxylation is 3. The molecule has 7 heteroatoms. The molecule has 0 aliphatic rings. The third-order valence-electron chi connectivity index (χ3n) is 3.68. The summed E-state index contributed by atoms with van der Waals surface area (Å²) in [5, 5.41) is 8.94. The molecule has 3 aromatic rings. The highest BCUT2D eigenvalue weighted by molar-refractivity contribution is 7.99. The lowest BCUT2D eigenvalue weighted by Gasteiger charge is -2.09. The van der Waals surface area contributed by atoms with Gasteiger partial charge in [-0.1, -0.05) is 23.9 Å². The fourth-order valence-corrected chi connectivity index (χ4v) is 3.00. The molecular weight excluding hydrogens is 324 g/mol. The molecule has 0 bridgehead atoms. The molecule has 0 fully saturated rings. The Balaban J connectivity index is 1.59. The molecule has 0 aliphatic heterocycles. The third-order valence-corrected chi connectivity index (χ3v) is 4.59. The second kappa shape index (κ2) is 7.00. The van der Waals surface area contributed by atoms with Crippen molar-refractivity contribution in [3.8, 4) is 17.1 Å². The lowest BCUT2D eigenvalue weighted by Crippen LogP contribution is -2.12. The number of hydrogen-bond donors (Lipinski definition) is 1. The molecule has 3 rings (SSSR count). The number of furan rings is 1. The van der Waals surface area contributed by atoms with Crippen LogP contribution in [0.2, 0.25) is 0 Å². The van der Waals surface area contributed by atoms with Gasteiger partial charge in [0.15, 0.2) is 5.82 Å². The van der Waals surface area contributed by atoms with Crippen molar-refractivity contribution in [1.82, 2.24) is 14.9 Å². The van der Waals surface area contributed by atoms with Gasteiger partial charge in [0.25, 0.3) is 0 Å². The molecule has 0 amide bonds. The maximum absolute atomic E-state index is 6.09. The molecular formula is C17H20N4O2S. The van der Waals surface area contributed by atoms with Crippen molar-refractivity contribution in [3.63, 3.8) is 0 Å². The van der Waals surface area contributed by atoms with E-state index in [1.165, 1.54) is 22.0 Å². The molecule has 0 saturated carbocycles. The van der Waals surface area contributed by atoms with Crippen LogP contribution in [0.4, 0.5) is 0 Å². The van der Waals surface area contributed by atoms with Crippen LogP contribution in [0.3, 0.4) is 0 Å². The smallest absolute Gasteiger partial charge is 0.210 e. The molecule has 24 heavy (non-hydrogen) atoms. The number of thioether (sulfide) groups is 1. The first kappa shape index (κ1) is 16.4. The van der Waals surface area contributed by atoms with Crippen LogP contribution in [0.5, 0.6) is 5.75 Å². The van der Waals surface area contributed by atoms with Gasteiger partial charge in [0.1, 0.15) is 11.5 Å². The van der Waals surface area contributed by atoms with Gasteiger partial charge in [-0.3, -0.25) is 0 Å². The van der Waals surface area contributed by atoms with Crippen LogP contribution in [-0.2, 0) is 0 Å². The van der Waals surface area contributed by atoms with Gasteiger partial charge in [-0.2, -0.15) is 0 Å². The third kappa shape index (κ3) is 3.41. The average molecular weight is 344 g/mol. The first-order chi connectivity index (χ1) is 11.6. The molecule has 126 valence electrons. The second-order valence-corrected chi connectivity index (χ2v) is 6.59. The highest BCUT2D eigenvalue weighted by Crippen LogP contribution is 2.25. The topological polar surface area (TPSA) is 79.1 Å². The number of ether oxygens (including phenoxy) is 1. The van der Waals surface area contributed by atoms with E-state index in [0.29, 0.717) is 17.6 Å². The minimum absolute atomic E-state index is 0.571. The van der Waals surface area contributed by atoms with E-state index in [-0.39, 0.29) is 0 Å². The van der Waals surface area contributed by atoms with Gasteiger partial charge in [0.05, 0.1) is 18.4 Å². The molecule has 0 saturated heterocycles. The Kier molecular flexibility index (Phi) is 4.80. The summed E-state index contributed by atoms with van der Waals surface area (Å²) in [7, 11) is 0. The van der Waals surface area contributed by atoms with Crippen molar-refractivity contribution in [1.29, 1.82) is 0 Å². The van der Waals surface area contributed by atoms with Crippen LogP contribution in [-0.4, -0.2) is 27.2 Å². The van der Waals surface area contributed by atoms with Crippen molar-refractivity contribution >= 4 is 11.8 Å². The van der Waals surface area contributed by atoms with Crippen LogP contribution >= 0.6 is 11.8 Å². The van der Waals surface area contributed by atoms with Gasteiger partial charge in [-0.05, 0) is 44.0 Å². The van der Waals surface area contributed by atoms with Gasteiger partial charge in [0, 0.05) is 5.75 Å². The SMILES string of the molecule is Cc1ccc(C)c(OCCSc2nnc(-c3ccoc3C)n2N)c1. The first-order valence-corrected chi connectivity index (χ1v) is 8.62. The van der Waals surface area contributed by atoms with Gasteiger partial charge < -0.3 is 15.0 Å².